The maximum absolute atomic E-state index is 13.6. The minimum Gasteiger partial charge on any atom is -0.494 e. The van der Waals surface area contributed by atoms with E-state index in [1.807, 2.05) is 13.8 Å². The number of fused-ring (bicyclic) bond motifs is 3. The predicted octanol–water partition coefficient (Wildman–Crippen LogP) is 3.17. The number of ether oxygens (including phenoxy) is 1. The van der Waals surface area contributed by atoms with Gasteiger partial charge < -0.3 is 10.1 Å². The van der Waals surface area contributed by atoms with E-state index in [0.717, 1.165) is 30.4 Å². The predicted molar refractivity (Wildman–Crippen MR) is 143 cm³/mol. The van der Waals surface area contributed by atoms with E-state index in [2.05, 4.69) is 10.4 Å². The summed E-state index contributed by atoms with van der Waals surface area (Å²) < 4.78 is 9.27. The molecule has 0 unspecified atom stereocenters. The van der Waals surface area contributed by atoms with Gasteiger partial charge in [0.25, 0.3) is 11.5 Å². The van der Waals surface area contributed by atoms with E-state index in [4.69, 9.17) is 4.74 Å². The molecular weight excluding hydrogens is 486 g/mol. The van der Waals surface area contributed by atoms with Gasteiger partial charge in [-0.2, -0.15) is 0 Å². The van der Waals surface area contributed by atoms with Crippen molar-refractivity contribution < 1.29 is 14.3 Å². The molecule has 5 rings (SSSR count). The van der Waals surface area contributed by atoms with Gasteiger partial charge in [0.15, 0.2) is 5.78 Å². The third kappa shape index (κ3) is 4.73. The Hall–Kier alpha value is -4.21. The molecule has 1 aliphatic rings. The second-order valence-corrected chi connectivity index (χ2v) is 9.60. The zero-order valence-electron chi connectivity index (χ0n) is 21.6. The number of ketones is 1. The van der Waals surface area contributed by atoms with E-state index >= 15 is 0 Å². The van der Waals surface area contributed by atoms with Crippen molar-refractivity contribution in [3.05, 3.63) is 74.4 Å². The minimum absolute atomic E-state index is 0.134. The molecule has 1 amide bonds. The maximum Gasteiger partial charge on any atom is 0.352 e. The number of carbonyl (C=O) groups is 2. The van der Waals surface area contributed by atoms with Crippen molar-refractivity contribution in [1.82, 2.24) is 24.1 Å². The number of aryl methyl sites for hydroxylation is 1. The van der Waals surface area contributed by atoms with Crippen LogP contribution in [0.4, 0.5) is 0 Å². The Kier molecular flexibility index (Phi) is 7.13. The molecular formula is C28H31N5O5. The molecule has 4 aromatic rings. The monoisotopic (exact) mass is 517 g/mol. The smallest absolute Gasteiger partial charge is 0.352 e. The molecule has 198 valence electrons. The molecule has 0 aliphatic heterocycles. The fourth-order valence-electron chi connectivity index (χ4n) is 5.05. The quantitative estimate of drug-likeness (QED) is 0.341. The lowest BCUT2D eigenvalue weighted by Gasteiger charge is -2.13. The molecule has 10 nitrogen and oxygen atoms in total. The van der Waals surface area contributed by atoms with E-state index in [9.17, 15) is 19.2 Å². The standard InChI is InChI=1S/C28H31N5O5/c1-3-15-31-26(36)22-14-11-19(25(35)29-20-7-5-6-8-20)16-23(22)33-27(31)30-32(28(33)37)17-24(34)18-9-12-21(13-10-18)38-4-2/h9-14,16,20H,3-8,15,17H2,1-2H3,(H,29,35). The summed E-state index contributed by atoms with van der Waals surface area (Å²) in [6.07, 6.45) is 4.71. The van der Waals surface area contributed by atoms with Crippen LogP contribution in [0.25, 0.3) is 16.7 Å². The lowest BCUT2D eigenvalue weighted by atomic mass is 10.1. The van der Waals surface area contributed by atoms with Crippen molar-refractivity contribution in [2.45, 2.75) is 65.1 Å². The van der Waals surface area contributed by atoms with Crippen LogP contribution in [-0.2, 0) is 13.1 Å². The summed E-state index contributed by atoms with van der Waals surface area (Å²) in [5, 5.41) is 7.75. The van der Waals surface area contributed by atoms with Crippen molar-refractivity contribution in [1.29, 1.82) is 0 Å². The third-order valence-electron chi connectivity index (χ3n) is 6.96. The first-order chi connectivity index (χ1) is 18.4. The number of carbonyl (C=O) groups excluding carboxylic acids is 2. The van der Waals surface area contributed by atoms with Crippen molar-refractivity contribution in [2.75, 3.05) is 6.61 Å². The van der Waals surface area contributed by atoms with Crippen LogP contribution in [0.5, 0.6) is 5.75 Å². The Labute approximate surface area is 218 Å². The second kappa shape index (κ2) is 10.6. The Morgan fingerprint density at radius 3 is 2.42 bits per heavy atom. The van der Waals surface area contributed by atoms with Gasteiger partial charge in [-0.05, 0) is 68.7 Å². The van der Waals surface area contributed by atoms with Crippen LogP contribution >= 0.6 is 0 Å². The van der Waals surface area contributed by atoms with Crippen LogP contribution in [0.3, 0.4) is 0 Å². The second-order valence-electron chi connectivity index (χ2n) is 9.60. The molecule has 0 spiro atoms. The van der Waals surface area contributed by atoms with E-state index < -0.39 is 5.69 Å². The fourth-order valence-corrected chi connectivity index (χ4v) is 5.05. The number of nitrogens with zero attached hydrogens (tertiary/aromatic N) is 4. The summed E-state index contributed by atoms with van der Waals surface area (Å²) in [5.41, 5.74) is 0.221. The first kappa shape index (κ1) is 25.4. The summed E-state index contributed by atoms with van der Waals surface area (Å²) in [5.74, 6) is 0.249. The van der Waals surface area contributed by atoms with Crippen LogP contribution in [0, 0.1) is 0 Å². The molecule has 0 atom stereocenters. The third-order valence-corrected chi connectivity index (χ3v) is 6.96. The fraction of sp³-hybridized carbons (Fsp3) is 0.393. The van der Waals surface area contributed by atoms with E-state index in [1.165, 1.54) is 8.97 Å². The SMILES string of the molecule is CCCn1c(=O)c2ccc(C(=O)NC3CCCC3)cc2n2c(=O)n(CC(=O)c3ccc(OCC)cc3)nc12. The molecule has 2 aromatic heterocycles. The van der Waals surface area contributed by atoms with Gasteiger partial charge >= 0.3 is 5.69 Å². The van der Waals surface area contributed by atoms with Crippen LogP contribution < -0.4 is 21.3 Å². The van der Waals surface area contributed by atoms with Crippen LogP contribution in [0.1, 0.15) is 66.7 Å². The van der Waals surface area contributed by atoms with Crippen LogP contribution in [-0.4, -0.2) is 43.1 Å². The first-order valence-electron chi connectivity index (χ1n) is 13.1. The summed E-state index contributed by atoms with van der Waals surface area (Å²) in [6, 6.07) is 11.6. The molecule has 1 fully saturated rings. The number of rotatable bonds is 9. The largest absolute Gasteiger partial charge is 0.494 e. The molecule has 38 heavy (non-hydrogen) atoms. The number of amides is 1. The molecule has 1 N–H and O–H groups in total. The van der Waals surface area contributed by atoms with Gasteiger partial charge in [-0.25, -0.2) is 13.9 Å². The highest BCUT2D eigenvalue weighted by Gasteiger charge is 2.22. The molecule has 2 aromatic carbocycles. The molecule has 0 bridgehead atoms. The van der Waals surface area contributed by atoms with Crippen LogP contribution in [0.2, 0.25) is 0 Å². The highest BCUT2D eigenvalue weighted by molar-refractivity contribution is 5.98. The lowest BCUT2D eigenvalue weighted by molar-refractivity contribution is 0.0936. The summed E-state index contributed by atoms with van der Waals surface area (Å²) in [4.78, 5) is 52.8. The molecule has 0 saturated heterocycles. The number of Topliss-reactive ketones (excluding diaryl/α,β-unsaturated/α-hetero) is 1. The van der Waals surface area contributed by atoms with Gasteiger partial charge in [0, 0.05) is 23.7 Å². The molecule has 1 saturated carbocycles. The van der Waals surface area contributed by atoms with E-state index in [0.29, 0.717) is 47.4 Å². The van der Waals surface area contributed by atoms with Gasteiger partial charge in [0.2, 0.25) is 5.78 Å². The van der Waals surface area contributed by atoms with Gasteiger partial charge in [-0.15, -0.1) is 5.10 Å². The van der Waals surface area contributed by atoms with Crippen molar-refractivity contribution >= 4 is 28.4 Å². The number of aromatic nitrogens is 4. The normalized spacial score (nSPS) is 13.8. The van der Waals surface area contributed by atoms with E-state index in [-0.39, 0.29) is 35.6 Å². The van der Waals surface area contributed by atoms with Crippen LogP contribution in [0.15, 0.2) is 52.1 Å². The number of benzene rings is 2. The van der Waals surface area contributed by atoms with Crippen molar-refractivity contribution in [3.63, 3.8) is 0 Å². The highest BCUT2D eigenvalue weighted by atomic mass is 16.5. The average molecular weight is 518 g/mol. The Morgan fingerprint density at radius 1 is 1.03 bits per heavy atom. The number of hydrogen-bond acceptors (Lipinski definition) is 6. The van der Waals surface area contributed by atoms with Gasteiger partial charge in [-0.3, -0.25) is 19.0 Å². The number of nitrogens with one attached hydrogen (secondary N) is 1. The van der Waals surface area contributed by atoms with Crippen molar-refractivity contribution in [2.24, 2.45) is 0 Å². The summed E-state index contributed by atoms with van der Waals surface area (Å²) >= 11 is 0. The first-order valence-corrected chi connectivity index (χ1v) is 13.1. The van der Waals surface area contributed by atoms with Crippen molar-refractivity contribution in [3.8, 4) is 5.75 Å². The highest BCUT2D eigenvalue weighted by Crippen LogP contribution is 2.20. The zero-order chi connectivity index (χ0) is 26.8. The Balaban J connectivity index is 1.57. The molecule has 2 heterocycles. The topological polar surface area (TPSA) is 117 Å². The maximum atomic E-state index is 13.6. The lowest BCUT2D eigenvalue weighted by Crippen LogP contribution is -2.33. The minimum atomic E-state index is -0.553. The van der Waals surface area contributed by atoms with Gasteiger partial charge in [0.1, 0.15) is 12.3 Å². The Morgan fingerprint density at radius 2 is 1.74 bits per heavy atom. The molecule has 10 heteroatoms. The zero-order valence-corrected chi connectivity index (χ0v) is 21.6. The molecule has 0 radical (unpaired) electrons. The summed E-state index contributed by atoms with van der Waals surface area (Å²) in [6.45, 7) is 4.38. The van der Waals surface area contributed by atoms with Gasteiger partial charge in [-0.1, -0.05) is 19.8 Å². The number of hydrogen-bond donors (Lipinski definition) is 1. The molecule has 1 aliphatic carbocycles. The average Bonchev–Trinajstić information content (AvgIpc) is 3.54. The van der Waals surface area contributed by atoms with E-state index in [1.54, 1.807) is 42.5 Å². The van der Waals surface area contributed by atoms with Gasteiger partial charge in [0.05, 0.1) is 17.5 Å². The Bertz CT molecular complexity index is 1620. The summed E-state index contributed by atoms with van der Waals surface area (Å²) in [7, 11) is 0.